The minimum absolute atomic E-state index is 0.128. The molecule has 0 aromatic carbocycles. The van der Waals surface area contributed by atoms with Gasteiger partial charge in [-0.1, -0.05) is 0 Å². The van der Waals surface area contributed by atoms with Gasteiger partial charge in [-0.25, -0.2) is 4.79 Å². The second-order valence-corrected chi connectivity index (χ2v) is 2.22. The van der Waals surface area contributed by atoms with Gasteiger partial charge in [0.25, 0.3) is 0 Å². The molecular formula is C6H5ClNO3+. The quantitative estimate of drug-likeness (QED) is 0.372. The lowest BCUT2D eigenvalue weighted by Gasteiger charge is -1.91. The van der Waals surface area contributed by atoms with Crippen molar-refractivity contribution < 1.29 is 19.8 Å². The largest absolute Gasteiger partial charge is 0.477 e. The van der Waals surface area contributed by atoms with Crippen LogP contribution in [0.25, 0.3) is 0 Å². The van der Waals surface area contributed by atoms with E-state index in [0.29, 0.717) is 4.73 Å². The minimum atomic E-state index is -1.17. The third-order valence-corrected chi connectivity index (χ3v) is 1.52. The molecule has 0 spiro atoms. The lowest BCUT2D eigenvalue weighted by molar-refractivity contribution is -0.903. The Morgan fingerprint density at radius 3 is 2.73 bits per heavy atom. The van der Waals surface area contributed by atoms with E-state index in [2.05, 4.69) is 0 Å². The first-order chi connectivity index (χ1) is 5.13. The number of hydrogen-bond donors (Lipinski definition) is 2. The maximum absolute atomic E-state index is 10.4. The molecule has 1 aromatic rings. The standard InChI is InChI=1S/C6H4ClNO3/c7-5-4(6(9)10)2-1-3-8(5)11/h1-3H,(H-,9,10,11)/p+1. The van der Waals surface area contributed by atoms with Crippen molar-refractivity contribution >= 4 is 17.6 Å². The van der Waals surface area contributed by atoms with Gasteiger partial charge in [0.1, 0.15) is 5.56 Å². The first kappa shape index (κ1) is 7.81. The van der Waals surface area contributed by atoms with Crippen molar-refractivity contribution in [1.29, 1.82) is 0 Å². The van der Waals surface area contributed by atoms with Crippen LogP contribution in [0.2, 0.25) is 5.15 Å². The normalized spacial score (nSPS) is 9.55. The Kier molecular flexibility index (Phi) is 1.96. The van der Waals surface area contributed by atoms with Crippen LogP contribution >= 0.6 is 11.6 Å². The Hall–Kier alpha value is -1.29. The Balaban J connectivity index is 3.27. The molecule has 1 aromatic heterocycles. The molecule has 2 N–H and O–H groups in total. The number of halogens is 1. The van der Waals surface area contributed by atoms with E-state index in [1.807, 2.05) is 0 Å². The zero-order valence-corrected chi connectivity index (χ0v) is 6.12. The van der Waals surface area contributed by atoms with E-state index < -0.39 is 5.97 Å². The van der Waals surface area contributed by atoms with Crippen molar-refractivity contribution in [3.8, 4) is 0 Å². The molecule has 0 radical (unpaired) electrons. The van der Waals surface area contributed by atoms with E-state index in [1.165, 1.54) is 18.3 Å². The maximum Gasteiger partial charge on any atom is 0.343 e. The summed E-state index contributed by atoms with van der Waals surface area (Å²) in [5.41, 5.74) is -0.128. The van der Waals surface area contributed by atoms with Gasteiger partial charge >= 0.3 is 11.1 Å². The van der Waals surface area contributed by atoms with Gasteiger partial charge in [0.05, 0.1) is 0 Å². The Bertz CT molecular complexity index is 300. The molecule has 5 heteroatoms. The number of aromatic nitrogens is 1. The summed E-state index contributed by atoms with van der Waals surface area (Å²) >= 11 is 5.42. The smallest absolute Gasteiger partial charge is 0.343 e. The van der Waals surface area contributed by atoms with Crippen LogP contribution in [0, 0.1) is 0 Å². The Labute approximate surface area is 67.2 Å². The van der Waals surface area contributed by atoms with Gasteiger partial charge in [-0.15, -0.1) is 0 Å². The van der Waals surface area contributed by atoms with Gasteiger partial charge in [-0.2, -0.15) is 0 Å². The highest BCUT2D eigenvalue weighted by atomic mass is 35.5. The second-order valence-electron chi connectivity index (χ2n) is 1.86. The number of carbonyl (C=O) groups is 1. The molecule has 1 rings (SSSR count). The molecule has 11 heavy (non-hydrogen) atoms. The van der Waals surface area contributed by atoms with Crippen LogP contribution in [0.1, 0.15) is 10.4 Å². The molecule has 4 nitrogen and oxygen atoms in total. The summed E-state index contributed by atoms with van der Waals surface area (Å²) in [6.45, 7) is 0. The molecule has 0 aliphatic heterocycles. The van der Waals surface area contributed by atoms with Gasteiger partial charge in [-0.05, 0) is 17.7 Å². The summed E-state index contributed by atoms with van der Waals surface area (Å²) in [5, 5.41) is 17.1. The molecule has 0 atom stereocenters. The Morgan fingerprint density at radius 2 is 2.27 bits per heavy atom. The van der Waals surface area contributed by atoms with Gasteiger partial charge in [0.2, 0.25) is 6.20 Å². The summed E-state index contributed by atoms with van der Waals surface area (Å²) in [6, 6.07) is 2.69. The van der Waals surface area contributed by atoms with Crippen LogP contribution in [0.3, 0.4) is 0 Å². The summed E-state index contributed by atoms with van der Waals surface area (Å²) < 4.78 is 0.547. The number of carboxylic acid groups (broad SMARTS) is 1. The summed E-state index contributed by atoms with van der Waals surface area (Å²) in [6.07, 6.45) is 1.24. The summed E-state index contributed by atoms with van der Waals surface area (Å²) in [7, 11) is 0. The second kappa shape index (κ2) is 2.75. The minimum Gasteiger partial charge on any atom is -0.477 e. The molecule has 0 aliphatic carbocycles. The molecule has 0 bridgehead atoms. The van der Waals surface area contributed by atoms with Crippen molar-refractivity contribution in [1.82, 2.24) is 0 Å². The molecule has 1 heterocycles. The van der Waals surface area contributed by atoms with Crippen LogP contribution in [-0.2, 0) is 0 Å². The summed E-state index contributed by atoms with van der Waals surface area (Å²) in [5.74, 6) is -1.17. The van der Waals surface area contributed by atoms with Gasteiger partial charge in [-0.3, -0.25) is 5.21 Å². The first-order valence-electron chi connectivity index (χ1n) is 2.75. The molecule has 0 saturated carbocycles. The van der Waals surface area contributed by atoms with Crippen molar-refractivity contribution in [3.05, 3.63) is 29.0 Å². The lowest BCUT2D eigenvalue weighted by Crippen LogP contribution is -2.32. The predicted molar refractivity (Wildman–Crippen MR) is 35.8 cm³/mol. The van der Waals surface area contributed by atoms with E-state index in [4.69, 9.17) is 21.9 Å². The average molecular weight is 175 g/mol. The number of rotatable bonds is 1. The molecule has 0 unspecified atom stereocenters. The van der Waals surface area contributed by atoms with Crippen molar-refractivity contribution in [2.45, 2.75) is 0 Å². The first-order valence-corrected chi connectivity index (χ1v) is 3.13. The van der Waals surface area contributed by atoms with Crippen LogP contribution in [-0.4, -0.2) is 16.3 Å². The number of carboxylic acids is 1. The third-order valence-electron chi connectivity index (χ3n) is 1.14. The summed E-state index contributed by atoms with van der Waals surface area (Å²) in [4.78, 5) is 10.4. The van der Waals surface area contributed by atoms with E-state index in [0.717, 1.165) is 0 Å². The van der Waals surface area contributed by atoms with Crippen molar-refractivity contribution in [3.63, 3.8) is 0 Å². The van der Waals surface area contributed by atoms with Gasteiger partial charge in [0.15, 0.2) is 0 Å². The molecule has 0 saturated heterocycles. The van der Waals surface area contributed by atoms with Crippen LogP contribution in [0.4, 0.5) is 0 Å². The fraction of sp³-hybridized carbons (Fsp3) is 0. The van der Waals surface area contributed by atoms with E-state index in [9.17, 15) is 4.79 Å². The fourth-order valence-corrected chi connectivity index (χ4v) is 0.838. The number of pyridine rings is 1. The molecule has 0 amide bonds. The number of aromatic carboxylic acids is 1. The highest BCUT2D eigenvalue weighted by Crippen LogP contribution is 2.08. The van der Waals surface area contributed by atoms with Crippen LogP contribution in [0.15, 0.2) is 18.3 Å². The highest BCUT2D eigenvalue weighted by Gasteiger charge is 2.18. The van der Waals surface area contributed by atoms with E-state index >= 15 is 0 Å². The number of nitrogens with zero attached hydrogens (tertiary/aromatic N) is 1. The van der Waals surface area contributed by atoms with E-state index in [1.54, 1.807) is 0 Å². The molecule has 0 aliphatic rings. The van der Waals surface area contributed by atoms with Crippen LogP contribution < -0.4 is 4.73 Å². The van der Waals surface area contributed by atoms with E-state index in [-0.39, 0.29) is 10.7 Å². The Morgan fingerprint density at radius 1 is 1.64 bits per heavy atom. The highest BCUT2D eigenvalue weighted by molar-refractivity contribution is 6.31. The zero-order valence-electron chi connectivity index (χ0n) is 5.36. The maximum atomic E-state index is 10.4. The number of hydrogen-bond acceptors (Lipinski definition) is 2. The third kappa shape index (κ3) is 1.40. The monoisotopic (exact) mass is 174 g/mol. The van der Waals surface area contributed by atoms with Crippen LogP contribution in [0.5, 0.6) is 0 Å². The molecular weight excluding hydrogens is 170 g/mol. The topological polar surface area (TPSA) is 61.4 Å². The SMILES string of the molecule is O=C(O)c1ccc[n+](O)c1Cl. The average Bonchev–Trinajstić information content (AvgIpc) is 1.94. The van der Waals surface area contributed by atoms with Gasteiger partial charge < -0.3 is 5.11 Å². The molecule has 0 fully saturated rings. The lowest BCUT2D eigenvalue weighted by atomic mass is 10.3. The molecule has 58 valence electrons. The zero-order chi connectivity index (χ0) is 8.43. The predicted octanol–water partition coefficient (Wildman–Crippen LogP) is 0.563. The van der Waals surface area contributed by atoms with Crippen molar-refractivity contribution in [2.75, 3.05) is 0 Å². The van der Waals surface area contributed by atoms with Crippen molar-refractivity contribution in [2.24, 2.45) is 0 Å². The fourth-order valence-electron chi connectivity index (χ4n) is 0.638. The van der Waals surface area contributed by atoms with Gasteiger partial charge in [0, 0.05) is 10.8 Å².